The van der Waals surface area contributed by atoms with Crippen LogP contribution in [0, 0.1) is 6.92 Å². The summed E-state index contributed by atoms with van der Waals surface area (Å²) in [7, 11) is 0. The number of fused-ring (bicyclic) bond motifs is 1. The number of thiophene rings is 1. The molecule has 1 unspecified atom stereocenters. The van der Waals surface area contributed by atoms with E-state index in [-0.39, 0.29) is 6.04 Å². The molecule has 3 rings (SSSR count). The number of H-pyrrole nitrogens is 1. The van der Waals surface area contributed by atoms with E-state index in [1.54, 1.807) is 11.3 Å². The second-order valence-corrected chi connectivity index (χ2v) is 5.00. The number of nitrogens with two attached hydrogens (primary N) is 1. The number of hydrogen-bond donors (Lipinski definition) is 2. The summed E-state index contributed by atoms with van der Waals surface area (Å²) in [4.78, 5) is 8.97. The fourth-order valence-electron chi connectivity index (χ4n) is 2.19. The standard InChI is InChI=1S/C12H13N3S/c1-7-2-4-14-10(7)9-6-8-3-5-16-11(8)12(13)15-9/h2-5,9,14H,6H2,1H3,(H2,13,15). The number of nitrogens with zero attached hydrogens (tertiary/aromatic N) is 1. The van der Waals surface area contributed by atoms with Crippen molar-refractivity contribution in [1.82, 2.24) is 4.98 Å². The van der Waals surface area contributed by atoms with Crippen molar-refractivity contribution >= 4 is 17.2 Å². The molecular formula is C12H13N3S. The maximum absolute atomic E-state index is 5.98. The highest BCUT2D eigenvalue weighted by Crippen LogP contribution is 2.31. The topological polar surface area (TPSA) is 54.2 Å². The molecule has 0 aliphatic carbocycles. The molecule has 16 heavy (non-hydrogen) atoms. The number of aromatic nitrogens is 1. The smallest absolute Gasteiger partial charge is 0.136 e. The van der Waals surface area contributed by atoms with Crippen molar-refractivity contribution in [3.63, 3.8) is 0 Å². The summed E-state index contributed by atoms with van der Waals surface area (Å²) in [6, 6.07) is 4.37. The number of aryl methyl sites for hydroxylation is 1. The number of hydrogen-bond acceptors (Lipinski definition) is 3. The predicted octanol–water partition coefficient (Wildman–Crippen LogP) is 2.39. The van der Waals surface area contributed by atoms with Crippen molar-refractivity contribution in [2.45, 2.75) is 19.4 Å². The predicted molar refractivity (Wildman–Crippen MR) is 67.0 cm³/mol. The zero-order valence-electron chi connectivity index (χ0n) is 9.03. The Balaban J connectivity index is 2.03. The van der Waals surface area contributed by atoms with Crippen LogP contribution in [0.1, 0.15) is 27.7 Å². The molecule has 0 amide bonds. The largest absolute Gasteiger partial charge is 0.383 e. The third-order valence-electron chi connectivity index (χ3n) is 3.02. The number of nitrogens with one attached hydrogen (secondary N) is 1. The first-order chi connectivity index (χ1) is 7.75. The van der Waals surface area contributed by atoms with Crippen LogP contribution >= 0.6 is 11.3 Å². The van der Waals surface area contributed by atoms with Crippen molar-refractivity contribution < 1.29 is 0 Å². The van der Waals surface area contributed by atoms with Gasteiger partial charge in [-0.15, -0.1) is 11.3 Å². The van der Waals surface area contributed by atoms with E-state index in [1.165, 1.54) is 16.8 Å². The summed E-state index contributed by atoms with van der Waals surface area (Å²) in [5.74, 6) is 0.676. The number of aromatic amines is 1. The molecule has 3 heterocycles. The zero-order chi connectivity index (χ0) is 11.1. The van der Waals surface area contributed by atoms with Crippen LogP contribution in [0.4, 0.5) is 0 Å². The van der Waals surface area contributed by atoms with Crippen molar-refractivity contribution in [1.29, 1.82) is 0 Å². The lowest BCUT2D eigenvalue weighted by Gasteiger charge is -2.18. The Morgan fingerprint density at radius 1 is 1.50 bits per heavy atom. The van der Waals surface area contributed by atoms with Gasteiger partial charge in [-0.1, -0.05) is 0 Å². The third-order valence-corrected chi connectivity index (χ3v) is 4.00. The molecule has 1 aliphatic rings. The second-order valence-electron chi connectivity index (χ2n) is 4.08. The van der Waals surface area contributed by atoms with Gasteiger partial charge in [-0.2, -0.15) is 0 Å². The van der Waals surface area contributed by atoms with Gasteiger partial charge in [-0.3, -0.25) is 4.99 Å². The lowest BCUT2D eigenvalue weighted by Crippen LogP contribution is -2.21. The van der Waals surface area contributed by atoms with Gasteiger partial charge in [0, 0.05) is 18.3 Å². The van der Waals surface area contributed by atoms with Crippen LogP contribution < -0.4 is 5.73 Å². The van der Waals surface area contributed by atoms with Crippen LogP contribution in [0.3, 0.4) is 0 Å². The Labute approximate surface area is 98.0 Å². The first-order valence-electron chi connectivity index (χ1n) is 5.29. The van der Waals surface area contributed by atoms with Gasteiger partial charge in [-0.05, 0) is 35.6 Å². The average Bonchev–Trinajstić information content (AvgIpc) is 2.85. The Hall–Kier alpha value is -1.55. The molecule has 0 bridgehead atoms. The fourth-order valence-corrected chi connectivity index (χ4v) is 3.03. The van der Waals surface area contributed by atoms with Crippen LogP contribution in [0.2, 0.25) is 0 Å². The van der Waals surface area contributed by atoms with Gasteiger partial charge in [0.2, 0.25) is 0 Å². The van der Waals surface area contributed by atoms with E-state index in [9.17, 15) is 0 Å². The van der Waals surface area contributed by atoms with Gasteiger partial charge in [0.15, 0.2) is 0 Å². The summed E-state index contributed by atoms with van der Waals surface area (Å²) in [6.45, 7) is 2.10. The van der Waals surface area contributed by atoms with E-state index in [4.69, 9.17) is 5.73 Å². The summed E-state index contributed by atoms with van der Waals surface area (Å²) in [6.07, 6.45) is 2.90. The number of rotatable bonds is 1. The Morgan fingerprint density at radius 2 is 2.38 bits per heavy atom. The Kier molecular flexibility index (Phi) is 2.11. The van der Waals surface area contributed by atoms with E-state index in [1.807, 2.05) is 6.20 Å². The quantitative estimate of drug-likeness (QED) is 0.778. The monoisotopic (exact) mass is 231 g/mol. The lowest BCUT2D eigenvalue weighted by atomic mass is 9.99. The van der Waals surface area contributed by atoms with Crippen molar-refractivity contribution in [3.8, 4) is 0 Å². The van der Waals surface area contributed by atoms with Gasteiger partial charge in [-0.25, -0.2) is 0 Å². The maximum Gasteiger partial charge on any atom is 0.136 e. The van der Waals surface area contributed by atoms with Gasteiger partial charge < -0.3 is 10.7 Å². The van der Waals surface area contributed by atoms with Crippen LogP contribution in [0.15, 0.2) is 28.7 Å². The molecule has 1 aliphatic heterocycles. The van der Waals surface area contributed by atoms with Crippen LogP contribution in [0.25, 0.3) is 0 Å². The molecular weight excluding hydrogens is 218 g/mol. The van der Waals surface area contributed by atoms with E-state index in [0.29, 0.717) is 5.84 Å². The third kappa shape index (κ3) is 1.38. The van der Waals surface area contributed by atoms with Gasteiger partial charge in [0.05, 0.1) is 10.9 Å². The minimum absolute atomic E-state index is 0.150. The summed E-state index contributed by atoms with van der Waals surface area (Å²) >= 11 is 1.67. The second kappa shape index (κ2) is 3.49. The normalized spacial score (nSPS) is 19.3. The summed E-state index contributed by atoms with van der Waals surface area (Å²) < 4.78 is 0. The van der Waals surface area contributed by atoms with E-state index in [2.05, 4.69) is 34.4 Å². The first kappa shape index (κ1) is 9.66. The minimum Gasteiger partial charge on any atom is -0.383 e. The van der Waals surface area contributed by atoms with Crippen LogP contribution in [0.5, 0.6) is 0 Å². The molecule has 0 radical (unpaired) electrons. The van der Waals surface area contributed by atoms with E-state index < -0.39 is 0 Å². The van der Waals surface area contributed by atoms with E-state index >= 15 is 0 Å². The fraction of sp³-hybridized carbons (Fsp3) is 0.250. The highest BCUT2D eigenvalue weighted by atomic mass is 32.1. The molecule has 0 saturated heterocycles. The van der Waals surface area contributed by atoms with Crippen LogP contribution in [-0.4, -0.2) is 10.8 Å². The molecule has 4 heteroatoms. The Morgan fingerprint density at radius 3 is 3.12 bits per heavy atom. The molecule has 0 saturated carbocycles. The Bertz CT molecular complexity index is 550. The van der Waals surface area contributed by atoms with E-state index in [0.717, 1.165) is 11.3 Å². The lowest BCUT2D eigenvalue weighted by molar-refractivity contribution is 0.689. The molecule has 0 spiro atoms. The molecule has 0 fully saturated rings. The van der Waals surface area contributed by atoms with Gasteiger partial charge in [0.25, 0.3) is 0 Å². The first-order valence-corrected chi connectivity index (χ1v) is 6.17. The SMILES string of the molecule is Cc1cc[nH]c1C1Cc2ccsc2C(N)=N1. The molecule has 2 aromatic rings. The summed E-state index contributed by atoms with van der Waals surface area (Å²) in [5.41, 5.74) is 9.73. The minimum atomic E-state index is 0.150. The molecule has 3 N–H and O–H groups in total. The summed E-state index contributed by atoms with van der Waals surface area (Å²) in [5, 5.41) is 2.08. The highest BCUT2D eigenvalue weighted by Gasteiger charge is 2.23. The molecule has 1 atom stereocenters. The van der Waals surface area contributed by atoms with Gasteiger partial charge in [0.1, 0.15) is 5.84 Å². The van der Waals surface area contributed by atoms with Crippen molar-refractivity contribution in [2.75, 3.05) is 0 Å². The molecule has 3 nitrogen and oxygen atoms in total. The molecule has 82 valence electrons. The van der Waals surface area contributed by atoms with Gasteiger partial charge >= 0.3 is 0 Å². The van der Waals surface area contributed by atoms with Crippen molar-refractivity contribution in [3.05, 3.63) is 45.4 Å². The van der Waals surface area contributed by atoms with Crippen LogP contribution in [-0.2, 0) is 6.42 Å². The maximum atomic E-state index is 5.98. The number of aliphatic imine (C=N–C) groups is 1. The zero-order valence-corrected chi connectivity index (χ0v) is 9.84. The average molecular weight is 231 g/mol. The molecule has 2 aromatic heterocycles. The highest BCUT2D eigenvalue weighted by molar-refractivity contribution is 7.12. The van der Waals surface area contributed by atoms with Crippen molar-refractivity contribution in [2.24, 2.45) is 10.7 Å². The number of amidine groups is 1. The molecule has 0 aromatic carbocycles.